The number of hydrogen-bond acceptors (Lipinski definition) is 2. The van der Waals surface area contributed by atoms with Crippen molar-refractivity contribution in [1.29, 1.82) is 0 Å². The van der Waals surface area contributed by atoms with Gasteiger partial charge in [0.1, 0.15) is 5.82 Å². The van der Waals surface area contributed by atoms with Crippen LogP contribution in [0.3, 0.4) is 0 Å². The summed E-state index contributed by atoms with van der Waals surface area (Å²) in [7, 11) is 0. The molecule has 0 aliphatic carbocycles. The van der Waals surface area contributed by atoms with E-state index in [2.05, 4.69) is 47.1 Å². The van der Waals surface area contributed by atoms with Crippen molar-refractivity contribution in [3.63, 3.8) is 0 Å². The second-order valence-electron chi connectivity index (χ2n) is 4.52. The van der Waals surface area contributed by atoms with Crippen molar-refractivity contribution in [3.8, 4) is 0 Å². The highest BCUT2D eigenvalue weighted by Crippen LogP contribution is 2.19. The van der Waals surface area contributed by atoms with Gasteiger partial charge in [0, 0.05) is 29.8 Å². The van der Waals surface area contributed by atoms with E-state index in [1.807, 2.05) is 16.9 Å². The predicted octanol–water partition coefficient (Wildman–Crippen LogP) is 2.43. The summed E-state index contributed by atoms with van der Waals surface area (Å²) in [6.45, 7) is 3.86. The average Bonchev–Trinajstić information content (AvgIpc) is 2.94. The lowest BCUT2D eigenvalue weighted by molar-refractivity contribution is 0.544. The first-order valence-corrected chi connectivity index (χ1v) is 6.07. The lowest BCUT2D eigenvalue weighted by Crippen LogP contribution is -2.07. The van der Waals surface area contributed by atoms with Crippen LogP contribution in [0.1, 0.15) is 5.56 Å². The Balaban J connectivity index is 1.85. The Morgan fingerprint density at radius 3 is 2.78 bits per heavy atom. The zero-order chi connectivity index (χ0) is 12.5. The van der Waals surface area contributed by atoms with Crippen molar-refractivity contribution < 1.29 is 0 Å². The molecule has 0 atom stereocenters. The third-order valence-electron chi connectivity index (χ3n) is 3.26. The number of nitrogens with zero attached hydrogens (tertiary/aromatic N) is 3. The topological polar surface area (TPSA) is 48.8 Å². The van der Waals surface area contributed by atoms with E-state index in [1.165, 1.54) is 16.5 Å². The fraction of sp³-hybridized carbons (Fsp3) is 0.214. The van der Waals surface area contributed by atoms with Crippen molar-refractivity contribution >= 4 is 16.7 Å². The molecular formula is C14H16N4. The quantitative estimate of drug-likeness (QED) is 0.764. The standard InChI is InChI=1S/C14H16N4/c1-11-3-2-4-13-12(11)5-7-17(13)9-10-18-8-6-14(15)16-18/h2-8H,9-10H2,1H3,(H2,15,16). The SMILES string of the molecule is Cc1cccc2c1ccn2CCn1ccc(N)n1. The van der Waals surface area contributed by atoms with E-state index in [9.17, 15) is 0 Å². The molecule has 2 aromatic heterocycles. The largest absolute Gasteiger partial charge is 0.382 e. The number of hydrogen-bond donors (Lipinski definition) is 1. The minimum Gasteiger partial charge on any atom is -0.382 e. The molecular weight excluding hydrogens is 224 g/mol. The molecule has 4 heteroatoms. The van der Waals surface area contributed by atoms with Crippen molar-refractivity contribution in [2.75, 3.05) is 5.73 Å². The van der Waals surface area contributed by atoms with Crippen LogP contribution in [0, 0.1) is 6.92 Å². The first kappa shape index (κ1) is 10.9. The fourth-order valence-electron chi connectivity index (χ4n) is 2.28. The summed E-state index contributed by atoms with van der Waals surface area (Å²) in [4.78, 5) is 0. The van der Waals surface area contributed by atoms with Crippen LogP contribution < -0.4 is 5.73 Å². The molecule has 0 aliphatic heterocycles. The van der Waals surface area contributed by atoms with Gasteiger partial charge in [-0.2, -0.15) is 5.10 Å². The van der Waals surface area contributed by atoms with Gasteiger partial charge < -0.3 is 10.3 Å². The van der Waals surface area contributed by atoms with Crippen LogP contribution in [0.25, 0.3) is 10.9 Å². The van der Waals surface area contributed by atoms with Gasteiger partial charge in [-0.15, -0.1) is 0 Å². The van der Waals surface area contributed by atoms with Crippen LogP contribution in [0.2, 0.25) is 0 Å². The first-order chi connectivity index (χ1) is 8.74. The van der Waals surface area contributed by atoms with E-state index < -0.39 is 0 Å². The number of nitrogen functional groups attached to an aromatic ring is 1. The molecule has 0 saturated heterocycles. The third kappa shape index (κ3) is 1.86. The maximum absolute atomic E-state index is 5.60. The highest BCUT2D eigenvalue weighted by Gasteiger charge is 2.03. The van der Waals surface area contributed by atoms with E-state index in [1.54, 1.807) is 0 Å². The van der Waals surface area contributed by atoms with Gasteiger partial charge in [0.15, 0.2) is 0 Å². The van der Waals surface area contributed by atoms with E-state index in [0.717, 1.165) is 13.1 Å². The Morgan fingerprint density at radius 1 is 1.11 bits per heavy atom. The molecule has 0 unspecified atom stereocenters. The molecule has 0 fully saturated rings. The van der Waals surface area contributed by atoms with Crippen LogP contribution in [-0.4, -0.2) is 14.3 Å². The molecule has 0 amide bonds. The first-order valence-electron chi connectivity index (χ1n) is 6.07. The van der Waals surface area contributed by atoms with Gasteiger partial charge in [-0.25, -0.2) is 0 Å². The van der Waals surface area contributed by atoms with E-state index in [0.29, 0.717) is 5.82 Å². The number of nitrogens with two attached hydrogens (primary N) is 1. The number of anilines is 1. The van der Waals surface area contributed by atoms with Gasteiger partial charge in [-0.05, 0) is 30.7 Å². The molecule has 1 aromatic carbocycles. The smallest absolute Gasteiger partial charge is 0.145 e. The Bertz CT molecular complexity index is 678. The summed E-state index contributed by atoms with van der Waals surface area (Å²) < 4.78 is 4.12. The molecule has 0 saturated carbocycles. The molecule has 18 heavy (non-hydrogen) atoms. The molecule has 3 aromatic rings. The molecule has 0 spiro atoms. The number of benzene rings is 1. The second kappa shape index (κ2) is 4.22. The van der Waals surface area contributed by atoms with Crippen LogP contribution in [0.4, 0.5) is 5.82 Å². The molecule has 3 rings (SSSR count). The predicted molar refractivity (Wildman–Crippen MR) is 73.3 cm³/mol. The Kier molecular flexibility index (Phi) is 2.55. The molecule has 2 heterocycles. The Morgan fingerprint density at radius 2 is 2.00 bits per heavy atom. The molecule has 2 N–H and O–H groups in total. The van der Waals surface area contributed by atoms with Gasteiger partial charge in [0.05, 0.1) is 6.54 Å². The van der Waals surface area contributed by atoms with E-state index >= 15 is 0 Å². The molecule has 0 bridgehead atoms. The van der Waals surface area contributed by atoms with Gasteiger partial charge in [0.25, 0.3) is 0 Å². The van der Waals surface area contributed by atoms with Gasteiger partial charge in [-0.1, -0.05) is 12.1 Å². The summed E-state index contributed by atoms with van der Waals surface area (Å²) in [5.74, 6) is 0.572. The van der Waals surface area contributed by atoms with E-state index in [4.69, 9.17) is 5.73 Å². The van der Waals surface area contributed by atoms with Crippen LogP contribution in [-0.2, 0) is 13.1 Å². The number of rotatable bonds is 3. The normalized spacial score (nSPS) is 11.2. The van der Waals surface area contributed by atoms with Crippen molar-refractivity contribution in [2.24, 2.45) is 0 Å². The lowest BCUT2D eigenvalue weighted by atomic mass is 10.1. The van der Waals surface area contributed by atoms with Crippen LogP contribution in [0.5, 0.6) is 0 Å². The Hall–Kier alpha value is -2.23. The molecule has 4 nitrogen and oxygen atoms in total. The minimum atomic E-state index is 0.572. The Labute approximate surface area is 106 Å². The summed E-state index contributed by atoms with van der Waals surface area (Å²) in [5, 5.41) is 5.51. The van der Waals surface area contributed by atoms with Crippen LogP contribution >= 0.6 is 0 Å². The van der Waals surface area contributed by atoms with Crippen molar-refractivity contribution in [2.45, 2.75) is 20.0 Å². The summed E-state index contributed by atoms with van der Waals surface area (Å²) in [6.07, 6.45) is 4.04. The zero-order valence-corrected chi connectivity index (χ0v) is 10.4. The monoisotopic (exact) mass is 240 g/mol. The van der Waals surface area contributed by atoms with Gasteiger partial charge >= 0.3 is 0 Å². The fourth-order valence-corrected chi connectivity index (χ4v) is 2.28. The zero-order valence-electron chi connectivity index (χ0n) is 10.4. The van der Waals surface area contributed by atoms with Crippen LogP contribution in [0.15, 0.2) is 42.7 Å². The van der Waals surface area contributed by atoms with Crippen molar-refractivity contribution in [3.05, 3.63) is 48.3 Å². The van der Waals surface area contributed by atoms with Gasteiger partial charge in [0.2, 0.25) is 0 Å². The second-order valence-corrected chi connectivity index (χ2v) is 4.52. The summed E-state index contributed by atoms with van der Waals surface area (Å²) in [5.41, 5.74) is 8.19. The summed E-state index contributed by atoms with van der Waals surface area (Å²) >= 11 is 0. The number of aryl methyl sites for hydroxylation is 3. The average molecular weight is 240 g/mol. The summed E-state index contributed by atoms with van der Waals surface area (Å²) in [6, 6.07) is 10.4. The molecule has 92 valence electrons. The number of aromatic nitrogens is 3. The molecule has 0 radical (unpaired) electrons. The number of fused-ring (bicyclic) bond motifs is 1. The molecule has 0 aliphatic rings. The maximum atomic E-state index is 5.60. The third-order valence-corrected chi connectivity index (χ3v) is 3.26. The van der Waals surface area contributed by atoms with Gasteiger partial charge in [-0.3, -0.25) is 4.68 Å². The maximum Gasteiger partial charge on any atom is 0.145 e. The minimum absolute atomic E-state index is 0.572. The van der Waals surface area contributed by atoms with Crippen molar-refractivity contribution in [1.82, 2.24) is 14.3 Å². The highest BCUT2D eigenvalue weighted by molar-refractivity contribution is 5.83. The highest BCUT2D eigenvalue weighted by atomic mass is 15.3. The van der Waals surface area contributed by atoms with E-state index in [-0.39, 0.29) is 0 Å². The lowest BCUT2D eigenvalue weighted by Gasteiger charge is -2.06.